The number of likely N-dealkylation sites (tertiary alicyclic amines) is 1. The van der Waals surface area contributed by atoms with Crippen molar-refractivity contribution < 1.29 is 4.79 Å². The highest BCUT2D eigenvalue weighted by Crippen LogP contribution is 2.09. The number of nitrogens with zero attached hydrogens (tertiary/aromatic N) is 2. The first-order chi connectivity index (χ1) is 9.11. The molecule has 1 aliphatic heterocycles. The van der Waals surface area contributed by atoms with Crippen molar-refractivity contribution in [2.24, 2.45) is 0 Å². The van der Waals surface area contributed by atoms with E-state index in [4.69, 9.17) is 0 Å². The van der Waals surface area contributed by atoms with E-state index in [1.54, 1.807) is 0 Å². The fraction of sp³-hybridized carbons (Fsp3) is 0.933. The maximum atomic E-state index is 12.0. The SMILES string of the molecule is CC(C)N(C)CCCCNC(=O)N1CCCCCC1. The molecule has 1 N–H and O–H groups in total. The van der Waals surface area contributed by atoms with Crippen LogP contribution in [0.2, 0.25) is 0 Å². The number of carbonyl (C=O) groups is 1. The van der Waals surface area contributed by atoms with E-state index in [1.165, 1.54) is 12.8 Å². The van der Waals surface area contributed by atoms with E-state index in [-0.39, 0.29) is 6.03 Å². The molecule has 4 heteroatoms. The van der Waals surface area contributed by atoms with Gasteiger partial charge in [-0.1, -0.05) is 12.8 Å². The second-order valence-corrected chi connectivity index (χ2v) is 5.91. The Morgan fingerprint density at radius 1 is 1.16 bits per heavy atom. The lowest BCUT2D eigenvalue weighted by Gasteiger charge is -2.22. The van der Waals surface area contributed by atoms with Crippen LogP contribution < -0.4 is 5.32 Å². The molecule has 0 aromatic carbocycles. The van der Waals surface area contributed by atoms with Gasteiger partial charge in [0, 0.05) is 25.7 Å². The molecule has 0 aromatic heterocycles. The van der Waals surface area contributed by atoms with Crippen molar-refractivity contribution in [3.8, 4) is 0 Å². The van der Waals surface area contributed by atoms with E-state index >= 15 is 0 Å². The molecule has 1 saturated heterocycles. The van der Waals surface area contributed by atoms with Crippen LogP contribution in [0.3, 0.4) is 0 Å². The van der Waals surface area contributed by atoms with E-state index in [2.05, 4.69) is 31.1 Å². The molecular weight excluding hydrogens is 238 g/mol. The minimum absolute atomic E-state index is 0.138. The lowest BCUT2D eigenvalue weighted by atomic mass is 10.2. The molecule has 0 unspecified atom stereocenters. The Kier molecular flexibility index (Phi) is 7.87. The highest BCUT2D eigenvalue weighted by molar-refractivity contribution is 5.74. The molecule has 0 atom stereocenters. The Morgan fingerprint density at radius 3 is 2.37 bits per heavy atom. The summed E-state index contributed by atoms with van der Waals surface area (Å²) in [6, 6.07) is 0.741. The van der Waals surface area contributed by atoms with E-state index in [0.29, 0.717) is 6.04 Å². The number of rotatable bonds is 6. The Morgan fingerprint density at radius 2 is 1.79 bits per heavy atom. The summed E-state index contributed by atoms with van der Waals surface area (Å²) in [4.78, 5) is 16.3. The van der Waals surface area contributed by atoms with Gasteiger partial charge in [0.1, 0.15) is 0 Å². The molecule has 2 amide bonds. The molecule has 0 saturated carbocycles. The molecule has 19 heavy (non-hydrogen) atoms. The van der Waals surface area contributed by atoms with Gasteiger partial charge < -0.3 is 15.1 Å². The predicted molar refractivity (Wildman–Crippen MR) is 80.4 cm³/mol. The fourth-order valence-electron chi connectivity index (χ4n) is 2.33. The smallest absolute Gasteiger partial charge is 0.317 e. The third-order valence-corrected chi connectivity index (χ3v) is 3.99. The first kappa shape index (κ1) is 16.3. The minimum atomic E-state index is 0.138. The summed E-state index contributed by atoms with van der Waals surface area (Å²) in [5.74, 6) is 0. The third kappa shape index (κ3) is 6.81. The van der Waals surface area contributed by atoms with Crippen molar-refractivity contribution in [3.63, 3.8) is 0 Å². The van der Waals surface area contributed by atoms with Crippen LogP contribution in [-0.4, -0.2) is 55.1 Å². The highest BCUT2D eigenvalue weighted by atomic mass is 16.2. The summed E-state index contributed by atoms with van der Waals surface area (Å²) >= 11 is 0. The third-order valence-electron chi connectivity index (χ3n) is 3.99. The summed E-state index contributed by atoms with van der Waals surface area (Å²) in [5, 5.41) is 3.05. The van der Waals surface area contributed by atoms with Gasteiger partial charge >= 0.3 is 6.03 Å². The molecule has 0 radical (unpaired) electrons. The lowest BCUT2D eigenvalue weighted by molar-refractivity contribution is 0.199. The molecule has 1 heterocycles. The van der Waals surface area contributed by atoms with Crippen molar-refractivity contribution in [3.05, 3.63) is 0 Å². The molecule has 0 aliphatic carbocycles. The van der Waals surface area contributed by atoms with Crippen molar-refractivity contribution in [2.75, 3.05) is 33.2 Å². The van der Waals surface area contributed by atoms with E-state index < -0.39 is 0 Å². The Bertz CT molecular complexity index is 248. The number of hydrogen-bond acceptors (Lipinski definition) is 2. The van der Waals surface area contributed by atoms with Gasteiger partial charge in [-0.15, -0.1) is 0 Å². The molecule has 1 rings (SSSR count). The van der Waals surface area contributed by atoms with Gasteiger partial charge in [0.05, 0.1) is 0 Å². The molecule has 0 aromatic rings. The number of urea groups is 1. The average Bonchev–Trinajstić information content (AvgIpc) is 2.66. The predicted octanol–water partition coefficient (Wildman–Crippen LogP) is 2.69. The van der Waals surface area contributed by atoms with Crippen LogP contribution in [-0.2, 0) is 0 Å². The Labute approximate surface area is 118 Å². The summed E-state index contributed by atoms with van der Waals surface area (Å²) in [6.45, 7) is 8.20. The molecule has 4 nitrogen and oxygen atoms in total. The Balaban J connectivity index is 2.06. The van der Waals surface area contributed by atoms with Crippen LogP contribution in [0.1, 0.15) is 52.4 Å². The lowest BCUT2D eigenvalue weighted by Crippen LogP contribution is -2.41. The maximum Gasteiger partial charge on any atom is 0.317 e. The molecule has 112 valence electrons. The van der Waals surface area contributed by atoms with Crippen LogP contribution in [0.5, 0.6) is 0 Å². The minimum Gasteiger partial charge on any atom is -0.338 e. The quantitative estimate of drug-likeness (QED) is 0.753. The number of hydrogen-bond donors (Lipinski definition) is 1. The topological polar surface area (TPSA) is 35.6 Å². The van der Waals surface area contributed by atoms with E-state index in [9.17, 15) is 4.79 Å². The monoisotopic (exact) mass is 269 g/mol. The second-order valence-electron chi connectivity index (χ2n) is 5.91. The first-order valence-electron chi connectivity index (χ1n) is 7.84. The average molecular weight is 269 g/mol. The van der Waals surface area contributed by atoms with Gasteiger partial charge in [-0.2, -0.15) is 0 Å². The number of unbranched alkanes of at least 4 members (excludes halogenated alkanes) is 1. The highest BCUT2D eigenvalue weighted by Gasteiger charge is 2.14. The zero-order chi connectivity index (χ0) is 14.1. The summed E-state index contributed by atoms with van der Waals surface area (Å²) in [6.07, 6.45) is 7.07. The molecule has 1 aliphatic rings. The van der Waals surface area contributed by atoms with Crippen LogP contribution in [0.4, 0.5) is 4.79 Å². The van der Waals surface area contributed by atoms with Crippen molar-refractivity contribution in [1.82, 2.24) is 15.1 Å². The molecule has 1 fully saturated rings. The number of carbonyl (C=O) groups excluding carboxylic acids is 1. The Hall–Kier alpha value is -0.770. The zero-order valence-corrected chi connectivity index (χ0v) is 13.0. The standard InChI is InChI=1S/C15H31N3O/c1-14(2)17(3)11-9-6-10-16-15(19)18-12-7-4-5-8-13-18/h14H,4-13H2,1-3H3,(H,16,19). The van der Waals surface area contributed by atoms with Crippen LogP contribution >= 0.6 is 0 Å². The number of nitrogens with one attached hydrogen (secondary N) is 1. The largest absolute Gasteiger partial charge is 0.338 e. The molecule has 0 spiro atoms. The fourth-order valence-corrected chi connectivity index (χ4v) is 2.33. The summed E-state index contributed by atoms with van der Waals surface area (Å²) < 4.78 is 0. The molecular formula is C15H31N3O. The van der Waals surface area contributed by atoms with Gasteiger partial charge in [0.2, 0.25) is 0 Å². The second kappa shape index (κ2) is 9.18. The van der Waals surface area contributed by atoms with Crippen LogP contribution in [0, 0.1) is 0 Å². The van der Waals surface area contributed by atoms with Crippen molar-refractivity contribution in [1.29, 1.82) is 0 Å². The number of amides is 2. The summed E-state index contributed by atoms with van der Waals surface area (Å²) in [7, 11) is 2.15. The van der Waals surface area contributed by atoms with Gasteiger partial charge in [0.25, 0.3) is 0 Å². The summed E-state index contributed by atoms with van der Waals surface area (Å²) in [5.41, 5.74) is 0. The van der Waals surface area contributed by atoms with Crippen LogP contribution in [0.15, 0.2) is 0 Å². The van der Waals surface area contributed by atoms with E-state index in [0.717, 1.165) is 51.9 Å². The van der Waals surface area contributed by atoms with Crippen molar-refractivity contribution in [2.45, 2.75) is 58.4 Å². The van der Waals surface area contributed by atoms with Crippen molar-refractivity contribution >= 4 is 6.03 Å². The normalized spacial score (nSPS) is 16.8. The zero-order valence-electron chi connectivity index (χ0n) is 13.0. The van der Waals surface area contributed by atoms with Gasteiger partial charge in [-0.25, -0.2) is 4.79 Å². The van der Waals surface area contributed by atoms with Gasteiger partial charge in [-0.3, -0.25) is 0 Å². The van der Waals surface area contributed by atoms with Crippen LogP contribution in [0.25, 0.3) is 0 Å². The van der Waals surface area contributed by atoms with E-state index in [1.807, 2.05) is 4.90 Å². The maximum absolute atomic E-state index is 12.0. The first-order valence-corrected chi connectivity index (χ1v) is 7.84. The molecule has 0 bridgehead atoms. The van der Waals surface area contributed by atoms with Gasteiger partial charge in [-0.05, 0) is 53.1 Å². The van der Waals surface area contributed by atoms with Gasteiger partial charge in [0.15, 0.2) is 0 Å².